The lowest BCUT2D eigenvalue weighted by atomic mass is 9.82. The Morgan fingerprint density at radius 2 is 1.75 bits per heavy atom. The number of amides is 2. The summed E-state index contributed by atoms with van der Waals surface area (Å²) < 4.78 is 13.3. The second-order valence-electron chi connectivity index (χ2n) is 9.84. The Bertz CT molecular complexity index is 1070. The van der Waals surface area contributed by atoms with Crippen LogP contribution >= 0.6 is 11.3 Å². The zero-order valence-electron chi connectivity index (χ0n) is 21.0. The van der Waals surface area contributed by atoms with Crippen LogP contribution in [-0.4, -0.2) is 53.2 Å². The van der Waals surface area contributed by atoms with E-state index < -0.39 is 11.9 Å². The Balaban J connectivity index is 1.56. The Hall–Kier alpha value is -2.65. The van der Waals surface area contributed by atoms with Crippen molar-refractivity contribution in [1.29, 1.82) is 0 Å². The standard InChI is InChI=1S/C27H35FN4O3S/c1-17(29-2)25(34)31-23(18-8-4-3-5-9-18)27(35)32-15-7-6-10-22(32)26-30-21(16-36-26)24(33)19-11-13-20(28)14-12-19/h11-14,16-18,22-23,29H,3-10,15H2,1-2H3,(H,31,34)/t17-,22?,23-/m0/s1. The molecule has 3 atom stereocenters. The van der Waals surface area contributed by atoms with Gasteiger partial charge in [-0.3, -0.25) is 14.4 Å². The number of rotatable bonds is 8. The highest BCUT2D eigenvalue weighted by Gasteiger charge is 2.39. The number of thiazole rings is 1. The van der Waals surface area contributed by atoms with Crippen molar-refractivity contribution in [3.63, 3.8) is 0 Å². The number of likely N-dealkylation sites (tertiary alicyclic amines) is 1. The van der Waals surface area contributed by atoms with Gasteiger partial charge >= 0.3 is 0 Å². The maximum atomic E-state index is 14.0. The van der Waals surface area contributed by atoms with Crippen molar-refractivity contribution in [1.82, 2.24) is 20.5 Å². The molecule has 1 aliphatic carbocycles. The zero-order chi connectivity index (χ0) is 25.7. The number of ketones is 1. The predicted octanol–water partition coefficient (Wildman–Crippen LogP) is 4.24. The molecule has 2 N–H and O–H groups in total. The molecule has 1 unspecified atom stereocenters. The van der Waals surface area contributed by atoms with Crippen LogP contribution in [0.3, 0.4) is 0 Å². The van der Waals surface area contributed by atoms with E-state index in [1.165, 1.54) is 35.6 Å². The van der Waals surface area contributed by atoms with Crippen molar-refractivity contribution in [3.8, 4) is 0 Å². The highest BCUT2D eigenvalue weighted by Crippen LogP contribution is 2.35. The van der Waals surface area contributed by atoms with Crippen LogP contribution in [0, 0.1) is 11.7 Å². The molecule has 0 spiro atoms. The number of likely N-dealkylation sites (N-methyl/N-ethyl adjacent to an activating group) is 1. The van der Waals surface area contributed by atoms with Gasteiger partial charge in [-0.1, -0.05) is 19.3 Å². The Morgan fingerprint density at radius 1 is 1.06 bits per heavy atom. The molecule has 194 valence electrons. The number of nitrogens with one attached hydrogen (secondary N) is 2. The first kappa shape index (κ1) is 26.4. The average molecular weight is 515 g/mol. The number of aromatic nitrogens is 1. The molecule has 1 saturated carbocycles. The fourth-order valence-electron chi connectivity index (χ4n) is 5.18. The summed E-state index contributed by atoms with van der Waals surface area (Å²) in [7, 11) is 1.73. The topological polar surface area (TPSA) is 91.4 Å². The minimum atomic E-state index is -0.561. The fraction of sp³-hybridized carbons (Fsp3) is 0.556. The van der Waals surface area contributed by atoms with E-state index in [-0.39, 0.29) is 35.6 Å². The van der Waals surface area contributed by atoms with Crippen LogP contribution in [-0.2, 0) is 9.59 Å². The molecule has 0 radical (unpaired) electrons. The molecule has 1 aromatic heterocycles. The zero-order valence-corrected chi connectivity index (χ0v) is 21.8. The van der Waals surface area contributed by atoms with Crippen LogP contribution in [0.1, 0.15) is 85.4 Å². The molecule has 4 rings (SSSR count). The maximum absolute atomic E-state index is 14.0. The van der Waals surface area contributed by atoms with E-state index >= 15 is 0 Å². The van der Waals surface area contributed by atoms with Gasteiger partial charge in [-0.2, -0.15) is 0 Å². The molecule has 9 heteroatoms. The summed E-state index contributed by atoms with van der Waals surface area (Å²) in [6.07, 6.45) is 7.77. The smallest absolute Gasteiger partial charge is 0.246 e. The molecular formula is C27H35FN4O3S. The molecule has 0 bridgehead atoms. The number of hydrogen-bond acceptors (Lipinski definition) is 6. The van der Waals surface area contributed by atoms with Gasteiger partial charge in [0.15, 0.2) is 0 Å². The third-order valence-electron chi connectivity index (χ3n) is 7.44. The number of halogens is 1. The third kappa shape index (κ3) is 6.00. The van der Waals surface area contributed by atoms with Gasteiger partial charge in [-0.05, 0) is 76.3 Å². The first-order valence-corrected chi connectivity index (χ1v) is 13.8. The van der Waals surface area contributed by atoms with Gasteiger partial charge in [0.1, 0.15) is 22.6 Å². The molecule has 2 amide bonds. The number of nitrogens with zero attached hydrogens (tertiary/aromatic N) is 2. The quantitative estimate of drug-likeness (QED) is 0.514. The van der Waals surface area contributed by atoms with Crippen molar-refractivity contribution < 1.29 is 18.8 Å². The molecule has 7 nitrogen and oxygen atoms in total. The average Bonchev–Trinajstić information content (AvgIpc) is 3.41. The Morgan fingerprint density at radius 3 is 2.44 bits per heavy atom. The molecule has 2 fully saturated rings. The SMILES string of the molecule is CN[C@@H](C)C(=O)N[C@H](C(=O)N1CCCCC1c1nc(C(=O)c2ccc(F)cc2)cs1)C1CCCCC1. The third-order valence-corrected chi connectivity index (χ3v) is 8.39. The van der Waals surface area contributed by atoms with E-state index in [0.717, 1.165) is 56.4 Å². The van der Waals surface area contributed by atoms with Crippen molar-refractivity contribution in [2.45, 2.75) is 76.4 Å². The first-order chi connectivity index (χ1) is 17.4. The number of benzene rings is 1. The summed E-state index contributed by atoms with van der Waals surface area (Å²) in [6, 6.07) is 4.26. The van der Waals surface area contributed by atoms with E-state index in [0.29, 0.717) is 17.8 Å². The molecule has 1 saturated heterocycles. The largest absolute Gasteiger partial charge is 0.343 e. The normalized spacial score (nSPS) is 20.5. The van der Waals surface area contributed by atoms with Crippen LogP contribution in [0.25, 0.3) is 0 Å². The van der Waals surface area contributed by atoms with Crippen molar-refractivity contribution >= 4 is 28.9 Å². The predicted molar refractivity (Wildman–Crippen MR) is 137 cm³/mol. The fourth-order valence-corrected chi connectivity index (χ4v) is 6.13. The van der Waals surface area contributed by atoms with E-state index in [2.05, 4.69) is 15.6 Å². The summed E-state index contributed by atoms with van der Waals surface area (Å²) in [6.45, 7) is 2.39. The number of carbonyl (C=O) groups is 3. The lowest BCUT2D eigenvalue weighted by Crippen LogP contribution is -2.56. The maximum Gasteiger partial charge on any atom is 0.246 e. The van der Waals surface area contributed by atoms with E-state index in [1.807, 2.05) is 4.90 Å². The van der Waals surface area contributed by atoms with Crippen molar-refractivity contribution in [3.05, 3.63) is 51.7 Å². The van der Waals surface area contributed by atoms with E-state index in [9.17, 15) is 18.8 Å². The molecule has 2 aliphatic rings. The lowest BCUT2D eigenvalue weighted by Gasteiger charge is -2.39. The van der Waals surface area contributed by atoms with Crippen LogP contribution in [0.15, 0.2) is 29.6 Å². The van der Waals surface area contributed by atoms with E-state index in [4.69, 9.17) is 0 Å². The molecular weight excluding hydrogens is 479 g/mol. The highest BCUT2D eigenvalue weighted by molar-refractivity contribution is 7.10. The summed E-state index contributed by atoms with van der Waals surface area (Å²) in [5.74, 6) is -0.764. The summed E-state index contributed by atoms with van der Waals surface area (Å²) in [5, 5.41) is 8.46. The number of carbonyl (C=O) groups excluding carboxylic acids is 3. The number of piperidine rings is 1. The van der Waals surface area contributed by atoms with Crippen molar-refractivity contribution in [2.24, 2.45) is 5.92 Å². The van der Waals surface area contributed by atoms with Gasteiger partial charge in [-0.15, -0.1) is 11.3 Å². The summed E-state index contributed by atoms with van der Waals surface area (Å²) in [5.41, 5.74) is 0.683. The summed E-state index contributed by atoms with van der Waals surface area (Å²) in [4.78, 5) is 46.2. The van der Waals surface area contributed by atoms with Gasteiger partial charge in [0.2, 0.25) is 17.6 Å². The monoisotopic (exact) mass is 514 g/mol. The molecule has 1 aromatic carbocycles. The molecule has 2 heterocycles. The Kier molecular flexibility index (Phi) is 8.85. The van der Waals surface area contributed by atoms with Gasteiger partial charge < -0.3 is 15.5 Å². The highest BCUT2D eigenvalue weighted by atomic mass is 32.1. The van der Waals surface area contributed by atoms with E-state index in [1.54, 1.807) is 19.4 Å². The van der Waals surface area contributed by atoms with Crippen molar-refractivity contribution in [2.75, 3.05) is 13.6 Å². The van der Waals surface area contributed by atoms with Gasteiger partial charge in [-0.25, -0.2) is 9.37 Å². The molecule has 36 heavy (non-hydrogen) atoms. The van der Waals surface area contributed by atoms with Crippen LogP contribution < -0.4 is 10.6 Å². The molecule has 1 aliphatic heterocycles. The second kappa shape index (κ2) is 12.1. The van der Waals surface area contributed by atoms with Gasteiger partial charge in [0.25, 0.3) is 0 Å². The van der Waals surface area contributed by atoms with Crippen LogP contribution in [0.4, 0.5) is 4.39 Å². The number of hydrogen-bond donors (Lipinski definition) is 2. The first-order valence-electron chi connectivity index (χ1n) is 12.9. The van der Waals surface area contributed by atoms with Gasteiger partial charge in [0, 0.05) is 17.5 Å². The van der Waals surface area contributed by atoms with Crippen LogP contribution in [0.2, 0.25) is 0 Å². The summed E-state index contributed by atoms with van der Waals surface area (Å²) >= 11 is 1.38. The lowest BCUT2D eigenvalue weighted by molar-refractivity contribution is -0.142. The minimum absolute atomic E-state index is 0.0511. The molecule has 2 aromatic rings. The van der Waals surface area contributed by atoms with Gasteiger partial charge in [0.05, 0.1) is 12.1 Å². The Labute approximate surface area is 215 Å². The van der Waals surface area contributed by atoms with Crippen LogP contribution in [0.5, 0.6) is 0 Å². The minimum Gasteiger partial charge on any atom is -0.343 e. The second-order valence-corrected chi connectivity index (χ2v) is 10.7.